The Labute approximate surface area is 171 Å². The number of carbonyl (C=O) groups is 3. The normalized spacial score (nSPS) is 19.0. The van der Waals surface area contributed by atoms with Crippen molar-refractivity contribution in [1.29, 1.82) is 0 Å². The van der Waals surface area contributed by atoms with Crippen LogP contribution in [-0.2, 0) is 28.4 Å². The summed E-state index contributed by atoms with van der Waals surface area (Å²) < 4.78 is 96.1. The summed E-state index contributed by atoms with van der Waals surface area (Å²) in [5.41, 5.74) is 0. The van der Waals surface area contributed by atoms with Gasteiger partial charge in [0.25, 0.3) is 6.36 Å². The first-order valence-corrected chi connectivity index (χ1v) is 9.10. The molecule has 0 amide bonds. The molecule has 0 aliphatic carbocycles. The van der Waals surface area contributed by atoms with E-state index in [1.54, 1.807) is 13.8 Å². The van der Waals surface area contributed by atoms with Crippen molar-refractivity contribution in [3.05, 3.63) is 0 Å². The zero-order valence-electron chi connectivity index (χ0n) is 15.4. The van der Waals surface area contributed by atoms with Crippen LogP contribution in [0.4, 0.5) is 44.0 Å². The van der Waals surface area contributed by atoms with E-state index in [1.807, 2.05) is 0 Å². The molecule has 2 saturated heterocycles. The Kier molecular flexibility index (Phi) is 14.1. The Balaban J connectivity index is -0.000000308. The molecule has 0 aromatic heterocycles. The van der Waals surface area contributed by atoms with Crippen LogP contribution in [0.3, 0.4) is 0 Å². The smallest absolute Gasteiger partial charge is 0.431 e. The molecular weight excluding hydrogens is 447 g/mol. The van der Waals surface area contributed by atoms with Gasteiger partial charge in [-0.3, -0.25) is 0 Å². The second-order valence-corrected chi connectivity index (χ2v) is 6.03. The standard InChI is InChI=1S/C5H10O3.C3H3FO3.C3H4O3.F6P.Li/c1-3-7-5(6)8-4-2;4-2-1-6-3(5)7-2;4-3-5-1-2-6-3;1-7(2,3,4,5)6;/h3-4H2,1-2H3;2H,1H2;1-2H2;;/q;;;-1;+1. The van der Waals surface area contributed by atoms with E-state index in [0.717, 1.165) is 0 Å². The largest absolute Gasteiger partial charge is 1.00 e. The molecule has 0 spiro atoms. The van der Waals surface area contributed by atoms with Crippen molar-refractivity contribution >= 4 is 26.3 Å². The molecule has 2 heterocycles. The van der Waals surface area contributed by atoms with Crippen LogP contribution >= 0.6 is 7.81 Å². The van der Waals surface area contributed by atoms with Gasteiger partial charge in [-0.1, -0.05) is 0 Å². The Hall–Kier alpha value is -1.65. The van der Waals surface area contributed by atoms with Crippen LogP contribution in [0, 0.1) is 0 Å². The summed E-state index contributed by atoms with van der Waals surface area (Å²) in [5, 5.41) is 0. The van der Waals surface area contributed by atoms with Crippen molar-refractivity contribution in [2.75, 3.05) is 33.0 Å². The molecule has 29 heavy (non-hydrogen) atoms. The summed E-state index contributed by atoms with van der Waals surface area (Å²) in [4.78, 5) is 29.8. The third-order valence-corrected chi connectivity index (χ3v) is 1.60. The first-order chi connectivity index (χ1) is 12.4. The summed E-state index contributed by atoms with van der Waals surface area (Å²) >= 11 is 0. The van der Waals surface area contributed by atoms with Crippen LogP contribution < -0.4 is 18.9 Å². The molecule has 1 atom stereocenters. The van der Waals surface area contributed by atoms with E-state index in [2.05, 4.69) is 28.4 Å². The molecule has 0 N–H and O–H groups in total. The average molecular weight is 464 g/mol. The topological polar surface area (TPSA) is 107 Å². The van der Waals surface area contributed by atoms with Crippen LogP contribution in [-0.4, -0.2) is 57.9 Å². The van der Waals surface area contributed by atoms with Crippen molar-refractivity contribution in [3.63, 3.8) is 0 Å². The molecular formula is C11H17F7LiO9P. The summed E-state index contributed by atoms with van der Waals surface area (Å²) in [6.07, 6.45) is -3.61. The molecule has 2 aliphatic heterocycles. The Morgan fingerprint density at radius 2 is 1.31 bits per heavy atom. The van der Waals surface area contributed by atoms with Crippen molar-refractivity contribution < 1.29 is 91.2 Å². The number of cyclic esters (lactones) is 4. The molecule has 1 unspecified atom stereocenters. The summed E-state index contributed by atoms with van der Waals surface area (Å²) in [6.45, 7) is 4.78. The van der Waals surface area contributed by atoms with E-state index in [9.17, 15) is 44.0 Å². The van der Waals surface area contributed by atoms with Gasteiger partial charge in [0.15, 0.2) is 6.61 Å². The first kappa shape index (κ1) is 32.0. The maximum atomic E-state index is 11.6. The zero-order valence-corrected chi connectivity index (χ0v) is 16.3. The van der Waals surface area contributed by atoms with Crippen molar-refractivity contribution in [1.82, 2.24) is 0 Å². The Bertz CT molecular complexity index is 490. The van der Waals surface area contributed by atoms with Gasteiger partial charge in [0.1, 0.15) is 13.2 Å². The third-order valence-electron chi connectivity index (χ3n) is 1.60. The second-order valence-electron chi connectivity index (χ2n) is 4.11. The molecule has 170 valence electrons. The maximum absolute atomic E-state index is 11.6. The molecule has 2 aliphatic rings. The summed E-state index contributed by atoms with van der Waals surface area (Å²) in [7, 11) is -10.7. The third kappa shape index (κ3) is 37.7. The van der Waals surface area contributed by atoms with Gasteiger partial charge in [-0.2, -0.15) is 4.39 Å². The fraction of sp³-hybridized carbons (Fsp3) is 0.727. The van der Waals surface area contributed by atoms with Crippen LogP contribution in [0.1, 0.15) is 13.8 Å². The minimum absolute atomic E-state index is 0. The van der Waals surface area contributed by atoms with Gasteiger partial charge in [-0.15, -0.1) is 0 Å². The maximum Gasteiger partial charge on any atom is 1.00 e. The SMILES string of the molecule is CCOC(=O)OCC.F[P-](F)(F)(F)(F)F.O=C1OCC(F)O1.O=C1OCCO1.[Li+]. The quantitative estimate of drug-likeness (QED) is 0.200. The number of hydrogen-bond acceptors (Lipinski definition) is 9. The first-order valence-electron chi connectivity index (χ1n) is 7.07. The average Bonchev–Trinajstić information content (AvgIpc) is 3.09. The van der Waals surface area contributed by atoms with Crippen LogP contribution in [0.5, 0.6) is 0 Å². The summed E-state index contributed by atoms with van der Waals surface area (Å²) in [6, 6.07) is 0. The van der Waals surface area contributed by atoms with Gasteiger partial charge in [0, 0.05) is 0 Å². The number of carbonyl (C=O) groups excluding carboxylic acids is 3. The Morgan fingerprint density at radius 3 is 1.45 bits per heavy atom. The minimum atomic E-state index is -10.7. The molecule has 0 bridgehead atoms. The van der Waals surface area contributed by atoms with Crippen molar-refractivity contribution in [2.24, 2.45) is 0 Å². The second kappa shape index (κ2) is 12.8. The van der Waals surface area contributed by atoms with E-state index in [0.29, 0.717) is 26.4 Å². The number of alkyl halides is 1. The molecule has 0 aromatic carbocycles. The number of rotatable bonds is 2. The molecule has 18 heteroatoms. The van der Waals surface area contributed by atoms with E-state index < -0.39 is 32.6 Å². The predicted octanol–water partition coefficient (Wildman–Crippen LogP) is 2.17. The predicted molar refractivity (Wildman–Crippen MR) is 76.8 cm³/mol. The number of hydrogen-bond donors (Lipinski definition) is 0. The molecule has 0 saturated carbocycles. The summed E-state index contributed by atoms with van der Waals surface area (Å²) in [5.74, 6) is 0. The van der Waals surface area contributed by atoms with E-state index in [-0.39, 0.29) is 25.5 Å². The van der Waals surface area contributed by atoms with Gasteiger partial charge < -0.3 is 28.4 Å². The van der Waals surface area contributed by atoms with Crippen LogP contribution in [0.15, 0.2) is 0 Å². The molecule has 2 fully saturated rings. The van der Waals surface area contributed by atoms with E-state index in [4.69, 9.17) is 0 Å². The fourth-order valence-corrected chi connectivity index (χ4v) is 0.875. The van der Waals surface area contributed by atoms with Crippen LogP contribution in [0.25, 0.3) is 0 Å². The van der Waals surface area contributed by atoms with Crippen LogP contribution in [0.2, 0.25) is 0 Å². The van der Waals surface area contributed by atoms with Gasteiger partial charge in [0.2, 0.25) is 0 Å². The molecule has 2 rings (SSSR count). The molecule has 9 nitrogen and oxygen atoms in total. The van der Waals surface area contributed by atoms with Crippen molar-refractivity contribution in [2.45, 2.75) is 20.2 Å². The number of ether oxygens (including phenoxy) is 6. The van der Waals surface area contributed by atoms with E-state index in [1.165, 1.54) is 0 Å². The fourth-order valence-electron chi connectivity index (χ4n) is 0.875. The monoisotopic (exact) mass is 464 g/mol. The van der Waals surface area contributed by atoms with E-state index >= 15 is 0 Å². The molecule has 0 radical (unpaired) electrons. The van der Waals surface area contributed by atoms with Gasteiger partial charge >= 0.3 is 70.3 Å². The van der Waals surface area contributed by atoms with Crippen molar-refractivity contribution in [3.8, 4) is 0 Å². The molecule has 0 aromatic rings. The zero-order chi connectivity index (χ0) is 22.5. The van der Waals surface area contributed by atoms with Gasteiger partial charge in [-0.05, 0) is 13.8 Å². The Morgan fingerprint density at radius 1 is 0.931 bits per heavy atom. The van der Waals surface area contributed by atoms with Gasteiger partial charge in [0.05, 0.1) is 13.2 Å². The number of halogens is 7. The van der Waals surface area contributed by atoms with Gasteiger partial charge in [-0.25, -0.2) is 14.4 Å². The minimum Gasteiger partial charge on any atom is -0.431 e.